The lowest BCUT2D eigenvalue weighted by atomic mass is 9.97. The predicted octanol–water partition coefficient (Wildman–Crippen LogP) is 3.40. The minimum Gasteiger partial charge on any atom is -0.466 e. The van der Waals surface area contributed by atoms with Gasteiger partial charge in [-0.2, -0.15) is 8.78 Å². The summed E-state index contributed by atoms with van der Waals surface area (Å²) in [6.45, 7) is 0.203. The Morgan fingerprint density at radius 2 is 2.04 bits per heavy atom. The number of aliphatic imine (C=N–C) groups is 1. The maximum Gasteiger partial charge on any atom is 0.387 e. The molecule has 1 N–H and O–H groups in total. The molecule has 2 rings (SSSR count). The van der Waals surface area contributed by atoms with Crippen LogP contribution in [0.5, 0.6) is 5.75 Å². The lowest BCUT2D eigenvalue weighted by Crippen LogP contribution is -2.46. The van der Waals surface area contributed by atoms with Crippen molar-refractivity contribution >= 4 is 35.9 Å². The van der Waals surface area contributed by atoms with E-state index in [2.05, 4.69) is 15.0 Å². The fourth-order valence-electron chi connectivity index (χ4n) is 3.00. The molecule has 28 heavy (non-hydrogen) atoms. The summed E-state index contributed by atoms with van der Waals surface area (Å²) in [4.78, 5) is 17.9. The molecule has 0 unspecified atom stereocenters. The van der Waals surface area contributed by atoms with Crippen molar-refractivity contribution in [1.29, 1.82) is 0 Å². The molecule has 10 heteroatoms. The minimum atomic E-state index is -3.04. The average molecular weight is 515 g/mol. The number of ether oxygens (including phenoxy) is 2. The average Bonchev–Trinajstić information content (AvgIpc) is 2.64. The maximum absolute atomic E-state index is 14.0. The number of alkyl halides is 2. The van der Waals surface area contributed by atoms with Crippen LogP contribution in [0.1, 0.15) is 25.3 Å². The number of nitrogens with zero attached hydrogens (tertiary/aromatic N) is 2. The van der Waals surface area contributed by atoms with Gasteiger partial charge in [-0.05, 0) is 31.9 Å². The molecule has 1 heterocycles. The molecular formula is C18H25F3IN3O3. The Bertz CT molecular complexity index is 669. The zero-order valence-electron chi connectivity index (χ0n) is 15.8. The number of carbonyl (C=O) groups is 1. The van der Waals surface area contributed by atoms with Gasteiger partial charge in [-0.25, -0.2) is 4.39 Å². The van der Waals surface area contributed by atoms with Gasteiger partial charge in [0.05, 0.1) is 12.5 Å². The number of likely N-dealkylation sites (tertiary alicyclic amines) is 1. The third kappa shape index (κ3) is 6.71. The van der Waals surface area contributed by atoms with Gasteiger partial charge in [0.15, 0.2) is 5.96 Å². The monoisotopic (exact) mass is 515 g/mol. The number of nitrogens with one attached hydrogen (secondary N) is 1. The van der Waals surface area contributed by atoms with Gasteiger partial charge in [-0.1, -0.05) is 6.07 Å². The number of piperidine rings is 1. The van der Waals surface area contributed by atoms with Gasteiger partial charge in [0.1, 0.15) is 11.6 Å². The fourth-order valence-corrected chi connectivity index (χ4v) is 3.00. The highest BCUT2D eigenvalue weighted by Crippen LogP contribution is 2.24. The topological polar surface area (TPSA) is 63.2 Å². The van der Waals surface area contributed by atoms with Crippen LogP contribution in [0.15, 0.2) is 23.2 Å². The molecule has 0 aromatic heterocycles. The van der Waals surface area contributed by atoms with Crippen LogP contribution in [-0.4, -0.2) is 50.2 Å². The van der Waals surface area contributed by atoms with Crippen LogP contribution in [0, 0.1) is 11.7 Å². The van der Waals surface area contributed by atoms with E-state index < -0.39 is 12.4 Å². The van der Waals surface area contributed by atoms with Crippen molar-refractivity contribution in [2.45, 2.75) is 32.9 Å². The molecule has 6 nitrogen and oxygen atoms in total. The van der Waals surface area contributed by atoms with Crippen LogP contribution in [-0.2, 0) is 16.1 Å². The van der Waals surface area contributed by atoms with Gasteiger partial charge in [-0.3, -0.25) is 9.79 Å². The normalized spacial score (nSPS) is 15.2. The largest absolute Gasteiger partial charge is 0.466 e. The molecule has 1 aromatic rings. The van der Waals surface area contributed by atoms with Crippen LogP contribution >= 0.6 is 24.0 Å². The summed E-state index contributed by atoms with van der Waals surface area (Å²) in [6, 6.07) is 3.79. The highest BCUT2D eigenvalue weighted by atomic mass is 127. The molecule has 0 saturated carbocycles. The Labute approximate surface area is 179 Å². The van der Waals surface area contributed by atoms with Crippen molar-refractivity contribution in [3.05, 3.63) is 29.6 Å². The summed E-state index contributed by atoms with van der Waals surface area (Å²) >= 11 is 0. The van der Waals surface area contributed by atoms with Crippen molar-refractivity contribution in [3.8, 4) is 5.75 Å². The van der Waals surface area contributed by atoms with Crippen LogP contribution in [0.4, 0.5) is 13.2 Å². The summed E-state index contributed by atoms with van der Waals surface area (Å²) in [5.41, 5.74) is 0.000333. The molecule has 0 amide bonds. The van der Waals surface area contributed by atoms with E-state index in [9.17, 15) is 18.0 Å². The van der Waals surface area contributed by atoms with Crippen LogP contribution in [0.25, 0.3) is 0 Å². The Morgan fingerprint density at radius 1 is 1.36 bits per heavy atom. The molecule has 158 valence electrons. The molecule has 0 spiro atoms. The van der Waals surface area contributed by atoms with Crippen LogP contribution in [0.2, 0.25) is 0 Å². The summed E-state index contributed by atoms with van der Waals surface area (Å²) in [7, 11) is 1.58. The van der Waals surface area contributed by atoms with E-state index in [0.29, 0.717) is 38.5 Å². The molecule has 0 radical (unpaired) electrons. The highest BCUT2D eigenvalue weighted by Gasteiger charge is 2.27. The summed E-state index contributed by atoms with van der Waals surface area (Å²) in [5, 5.41) is 2.97. The molecule has 1 fully saturated rings. The first kappa shape index (κ1) is 24.3. The number of hydrogen-bond donors (Lipinski definition) is 1. The van der Waals surface area contributed by atoms with Gasteiger partial charge in [0.25, 0.3) is 0 Å². The minimum absolute atomic E-state index is 0. The van der Waals surface area contributed by atoms with Crippen molar-refractivity contribution in [1.82, 2.24) is 10.2 Å². The molecule has 0 atom stereocenters. The first-order valence-electron chi connectivity index (χ1n) is 8.80. The number of esters is 1. The number of guanidine groups is 1. The zero-order valence-corrected chi connectivity index (χ0v) is 18.1. The van der Waals surface area contributed by atoms with Crippen molar-refractivity contribution < 1.29 is 27.4 Å². The second-order valence-corrected chi connectivity index (χ2v) is 6.01. The quantitative estimate of drug-likeness (QED) is 0.273. The van der Waals surface area contributed by atoms with Crippen LogP contribution in [0.3, 0.4) is 0 Å². The lowest BCUT2D eigenvalue weighted by molar-refractivity contribution is -0.149. The Balaban J connectivity index is 0.00000392. The summed E-state index contributed by atoms with van der Waals surface area (Å²) in [5.74, 6) is -0.688. The standard InChI is InChI=1S/C18H24F3N3O3.HI/c1-3-26-16(25)12-7-9-24(10-8-12)18(22-2)23-11-13-14(19)5-4-6-15(13)27-17(20)21;/h4-6,12,17H,3,7-11H2,1-2H3,(H,22,23);1H. The maximum atomic E-state index is 14.0. The van der Waals surface area contributed by atoms with Gasteiger partial charge in [0, 0.05) is 32.2 Å². The third-order valence-corrected chi connectivity index (χ3v) is 4.34. The zero-order chi connectivity index (χ0) is 19.8. The molecule has 1 saturated heterocycles. The Kier molecular flexibility index (Phi) is 10.4. The Hall–Kier alpha value is -1.72. The van der Waals surface area contributed by atoms with E-state index in [1.165, 1.54) is 18.2 Å². The van der Waals surface area contributed by atoms with E-state index >= 15 is 0 Å². The van der Waals surface area contributed by atoms with E-state index in [-0.39, 0.29) is 53.7 Å². The molecule has 1 aliphatic heterocycles. The second-order valence-electron chi connectivity index (χ2n) is 6.01. The van der Waals surface area contributed by atoms with Gasteiger partial charge in [0.2, 0.25) is 0 Å². The van der Waals surface area contributed by atoms with Gasteiger partial charge < -0.3 is 19.7 Å². The number of carbonyl (C=O) groups excluding carboxylic acids is 1. The van der Waals surface area contributed by atoms with Gasteiger partial charge in [-0.15, -0.1) is 24.0 Å². The van der Waals surface area contributed by atoms with Crippen molar-refractivity contribution in [3.63, 3.8) is 0 Å². The van der Waals surface area contributed by atoms with Crippen LogP contribution < -0.4 is 10.1 Å². The smallest absolute Gasteiger partial charge is 0.387 e. The number of benzene rings is 1. The molecule has 1 aromatic carbocycles. The lowest BCUT2D eigenvalue weighted by Gasteiger charge is -2.33. The molecule has 0 bridgehead atoms. The van der Waals surface area contributed by atoms with Gasteiger partial charge >= 0.3 is 12.6 Å². The third-order valence-electron chi connectivity index (χ3n) is 4.34. The van der Waals surface area contributed by atoms with Crippen molar-refractivity contribution in [2.24, 2.45) is 10.9 Å². The summed E-state index contributed by atoms with van der Waals surface area (Å²) < 4.78 is 48.5. The molecular weight excluding hydrogens is 490 g/mol. The first-order chi connectivity index (χ1) is 13.0. The number of hydrogen-bond acceptors (Lipinski definition) is 4. The SMILES string of the molecule is CCOC(=O)C1CCN(C(=NC)NCc2c(F)cccc2OC(F)F)CC1.I. The fraction of sp³-hybridized carbons (Fsp3) is 0.556. The van der Waals surface area contributed by atoms with E-state index in [1.807, 2.05) is 4.90 Å². The predicted molar refractivity (Wildman–Crippen MR) is 110 cm³/mol. The molecule has 1 aliphatic rings. The number of rotatable bonds is 6. The van der Waals surface area contributed by atoms with Crippen molar-refractivity contribution in [2.75, 3.05) is 26.7 Å². The highest BCUT2D eigenvalue weighted by molar-refractivity contribution is 14.0. The Morgan fingerprint density at radius 3 is 2.61 bits per heavy atom. The first-order valence-corrected chi connectivity index (χ1v) is 8.80. The summed E-state index contributed by atoms with van der Waals surface area (Å²) in [6.07, 6.45) is 1.25. The number of halogens is 4. The van der Waals surface area contributed by atoms with E-state index in [4.69, 9.17) is 4.74 Å². The van der Waals surface area contributed by atoms with E-state index in [0.717, 1.165) is 0 Å². The second kappa shape index (κ2) is 12.0. The van der Waals surface area contributed by atoms with E-state index in [1.54, 1.807) is 14.0 Å². The molecule has 0 aliphatic carbocycles.